The summed E-state index contributed by atoms with van der Waals surface area (Å²) in [6.07, 6.45) is 2.08. The minimum absolute atomic E-state index is 0.352. The molecule has 18 heavy (non-hydrogen) atoms. The number of benzene rings is 1. The number of hydrogen-bond acceptors (Lipinski definition) is 2. The lowest BCUT2D eigenvalue weighted by Gasteiger charge is -2.35. The molecule has 0 saturated carbocycles. The van der Waals surface area contributed by atoms with Gasteiger partial charge in [-0.15, -0.1) is 0 Å². The standard InChI is InChI=1S/C14H20F2N2/c1-10(2)18-7-5-11(6-8-18)17-12-3-4-13(15)14(16)9-12/h3-4,9-11,17H,5-8H2,1-2H3. The van der Waals surface area contributed by atoms with Crippen molar-refractivity contribution < 1.29 is 8.78 Å². The molecule has 2 nitrogen and oxygen atoms in total. The minimum Gasteiger partial charge on any atom is -0.382 e. The van der Waals surface area contributed by atoms with E-state index in [4.69, 9.17) is 0 Å². The van der Waals surface area contributed by atoms with Crippen LogP contribution in [-0.4, -0.2) is 30.1 Å². The fourth-order valence-electron chi connectivity index (χ4n) is 2.38. The molecule has 1 aromatic rings. The van der Waals surface area contributed by atoms with Crippen LogP contribution in [0.5, 0.6) is 0 Å². The molecule has 0 radical (unpaired) electrons. The van der Waals surface area contributed by atoms with Gasteiger partial charge in [0.15, 0.2) is 11.6 Å². The Morgan fingerprint density at radius 2 is 1.83 bits per heavy atom. The molecular weight excluding hydrogens is 234 g/mol. The molecule has 0 aliphatic carbocycles. The lowest BCUT2D eigenvalue weighted by molar-refractivity contribution is 0.177. The quantitative estimate of drug-likeness (QED) is 0.890. The second-order valence-electron chi connectivity index (χ2n) is 5.18. The molecule has 2 rings (SSSR count). The number of nitrogens with zero attached hydrogens (tertiary/aromatic N) is 1. The van der Waals surface area contributed by atoms with Crippen LogP contribution in [0.3, 0.4) is 0 Å². The SMILES string of the molecule is CC(C)N1CCC(Nc2ccc(F)c(F)c2)CC1. The summed E-state index contributed by atoms with van der Waals surface area (Å²) in [5, 5.41) is 3.28. The first-order valence-electron chi connectivity index (χ1n) is 6.52. The minimum atomic E-state index is -0.796. The Hall–Kier alpha value is -1.16. The number of halogens is 2. The van der Waals surface area contributed by atoms with E-state index < -0.39 is 11.6 Å². The van der Waals surface area contributed by atoms with E-state index in [1.807, 2.05) is 0 Å². The summed E-state index contributed by atoms with van der Waals surface area (Å²) in [5.74, 6) is -1.59. The molecule has 0 spiro atoms. The average molecular weight is 254 g/mol. The van der Waals surface area contributed by atoms with Crippen molar-refractivity contribution in [1.82, 2.24) is 4.90 Å². The molecule has 1 aliphatic heterocycles. The fourth-order valence-corrected chi connectivity index (χ4v) is 2.38. The van der Waals surface area contributed by atoms with E-state index in [0.29, 0.717) is 17.8 Å². The first kappa shape index (κ1) is 13.3. The maximum Gasteiger partial charge on any atom is 0.160 e. The highest BCUT2D eigenvalue weighted by Gasteiger charge is 2.20. The van der Waals surface area contributed by atoms with Gasteiger partial charge in [0.05, 0.1) is 0 Å². The molecule has 0 amide bonds. The number of hydrogen-bond donors (Lipinski definition) is 1. The third kappa shape index (κ3) is 3.19. The van der Waals surface area contributed by atoms with Crippen LogP contribution in [-0.2, 0) is 0 Å². The number of rotatable bonds is 3. The zero-order valence-electron chi connectivity index (χ0n) is 10.9. The number of piperidine rings is 1. The van der Waals surface area contributed by atoms with Crippen LogP contribution in [0.4, 0.5) is 14.5 Å². The van der Waals surface area contributed by atoms with Gasteiger partial charge in [0.1, 0.15) is 0 Å². The highest BCUT2D eigenvalue weighted by Crippen LogP contribution is 2.19. The molecule has 0 atom stereocenters. The van der Waals surface area contributed by atoms with Crippen LogP contribution >= 0.6 is 0 Å². The smallest absolute Gasteiger partial charge is 0.160 e. The molecule has 1 aromatic carbocycles. The normalized spacial score (nSPS) is 18.3. The van der Waals surface area contributed by atoms with Crippen LogP contribution < -0.4 is 5.32 Å². The molecule has 100 valence electrons. The van der Waals surface area contributed by atoms with Gasteiger partial charge in [0, 0.05) is 36.9 Å². The van der Waals surface area contributed by atoms with E-state index in [1.54, 1.807) is 6.07 Å². The third-order valence-electron chi connectivity index (χ3n) is 3.55. The highest BCUT2D eigenvalue weighted by atomic mass is 19.2. The van der Waals surface area contributed by atoms with Crippen LogP contribution in [0.2, 0.25) is 0 Å². The van der Waals surface area contributed by atoms with Crippen molar-refractivity contribution in [2.45, 2.75) is 38.8 Å². The summed E-state index contributed by atoms with van der Waals surface area (Å²) in [7, 11) is 0. The van der Waals surface area contributed by atoms with E-state index in [0.717, 1.165) is 25.9 Å². The Labute approximate surface area is 107 Å². The van der Waals surface area contributed by atoms with Crippen LogP contribution in [0, 0.1) is 11.6 Å². The maximum atomic E-state index is 13.1. The summed E-state index contributed by atoms with van der Waals surface area (Å²) in [4.78, 5) is 2.43. The molecule has 1 N–H and O–H groups in total. The monoisotopic (exact) mass is 254 g/mol. The van der Waals surface area contributed by atoms with Gasteiger partial charge in [0.2, 0.25) is 0 Å². The van der Waals surface area contributed by atoms with Crippen molar-refractivity contribution in [2.24, 2.45) is 0 Å². The van der Waals surface area contributed by atoms with Crippen molar-refractivity contribution in [2.75, 3.05) is 18.4 Å². The van der Waals surface area contributed by atoms with Gasteiger partial charge in [-0.25, -0.2) is 8.78 Å². The zero-order chi connectivity index (χ0) is 13.1. The Morgan fingerprint density at radius 1 is 1.17 bits per heavy atom. The molecule has 0 bridgehead atoms. The lowest BCUT2D eigenvalue weighted by Crippen LogP contribution is -2.42. The second kappa shape index (κ2) is 5.65. The van der Waals surface area contributed by atoms with Crippen molar-refractivity contribution in [3.05, 3.63) is 29.8 Å². The summed E-state index contributed by atoms with van der Waals surface area (Å²) in [5.41, 5.74) is 0.664. The summed E-state index contributed by atoms with van der Waals surface area (Å²) >= 11 is 0. The van der Waals surface area contributed by atoms with Gasteiger partial charge >= 0.3 is 0 Å². The average Bonchev–Trinajstić information content (AvgIpc) is 2.34. The number of nitrogens with one attached hydrogen (secondary N) is 1. The van der Waals surface area contributed by atoms with Gasteiger partial charge in [0.25, 0.3) is 0 Å². The molecule has 0 aromatic heterocycles. The predicted molar refractivity (Wildman–Crippen MR) is 69.7 cm³/mol. The molecule has 4 heteroatoms. The zero-order valence-corrected chi connectivity index (χ0v) is 10.9. The number of anilines is 1. The van der Waals surface area contributed by atoms with E-state index in [-0.39, 0.29) is 0 Å². The molecule has 0 unspecified atom stereocenters. The summed E-state index contributed by atoms with van der Waals surface area (Å²) in [6.45, 7) is 6.50. The number of likely N-dealkylation sites (tertiary alicyclic amines) is 1. The molecular formula is C14H20F2N2. The summed E-state index contributed by atoms with van der Waals surface area (Å²) < 4.78 is 25.9. The molecule has 1 heterocycles. The second-order valence-corrected chi connectivity index (χ2v) is 5.18. The van der Waals surface area contributed by atoms with E-state index in [2.05, 4.69) is 24.1 Å². The van der Waals surface area contributed by atoms with Crippen LogP contribution in [0.25, 0.3) is 0 Å². The third-order valence-corrected chi connectivity index (χ3v) is 3.55. The van der Waals surface area contributed by atoms with Crippen molar-refractivity contribution in [3.8, 4) is 0 Å². The topological polar surface area (TPSA) is 15.3 Å². The van der Waals surface area contributed by atoms with Crippen LogP contribution in [0.1, 0.15) is 26.7 Å². The highest BCUT2D eigenvalue weighted by molar-refractivity contribution is 5.44. The first-order chi connectivity index (χ1) is 8.56. The molecule has 1 fully saturated rings. The Kier molecular flexibility index (Phi) is 4.17. The lowest BCUT2D eigenvalue weighted by atomic mass is 10.0. The van der Waals surface area contributed by atoms with Gasteiger partial charge < -0.3 is 10.2 Å². The maximum absolute atomic E-state index is 13.1. The molecule has 1 aliphatic rings. The fraction of sp³-hybridized carbons (Fsp3) is 0.571. The Bertz CT molecular complexity index is 399. The van der Waals surface area contributed by atoms with Gasteiger partial charge in [-0.2, -0.15) is 0 Å². The largest absolute Gasteiger partial charge is 0.382 e. The van der Waals surface area contributed by atoms with Crippen LogP contribution in [0.15, 0.2) is 18.2 Å². The first-order valence-corrected chi connectivity index (χ1v) is 6.52. The predicted octanol–water partition coefficient (Wildman–Crippen LogP) is 3.25. The molecule has 1 saturated heterocycles. The van der Waals surface area contributed by atoms with E-state index >= 15 is 0 Å². The Morgan fingerprint density at radius 3 is 2.39 bits per heavy atom. The van der Waals surface area contributed by atoms with E-state index in [1.165, 1.54) is 12.1 Å². The van der Waals surface area contributed by atoms with Gasteiger partial charge in [-0.3, -0.25) is 0 Å². The van der Waals surface area contributed by atoms with Crippen molar-refractivity contribution in [1.29, 1.82) is 0 Å². The summed E-state index contributed by atoms with van der Waals surface area (Å²) in [6, 6.07) is 4.91. The van der Waals surface area contributed by atoms with Gasteiger partial charge in [-0.05, 0) is 38.8 Å². The Balaban J connectivity index is 1.89. The van der Waals surface area contributed by atoms with Gasteiger partial charge in [-0.1, -0.05) is 0 Å². The van der Waals surface area contributed by atoms with Crippen molar-refractivity contribution >= 4 is 5.69 Å². The van der Waals surface area contributed by atoms with Crippen molar-refractivity contribution in [3.63, 3.8) is 0 Å². The van der Waals surface area contributed by atoms with E-state index in [9.17, 15) is 8.78 Å².